The maximum atomic E-state index is 11.2. The molecular weight excluding hydrogens is 192 g/mol. The lowest BCUT2D eigenvalue weighted by molar-refractivity contribution is -0.140. The van der Waals surface area contributed by atoms with E-state index in [1.54, 1.807) is 7.11 Å². The fourth-order valence-corrected chi connectivity index (χ4v) is 2.08. The summed E-state index contributed by atoms with van der Waals surface area (Å²) in [6.45, 7) is 1.91. The largest absolute Gasteiger partial charge is 0.496 e. The zero-order chi connectivity index (χ0) is 11.1. The van der Waals surface area contributed by atoms with Gasteiger partial charge in [-0.15, -0.1) is 0 Å². The van der Waals surface area contributed by atoms with Gasteiger partial charge < -0.3 is 9.84 Å². The Bertz CT molecular complexity index is 405. The SMILES string of the molecule is COc1cccc(C2(C(=O)O)CC2)c1C. The molecule has 2 rings (SSSR count). The lowest BCUT2D eigenvalue weighted by Crippen LogP contribution is -2.20. The number of ether oxygens (including phenoxy) is 1. The monoisotopic (exact) mass is 206 g/mol. The highest BCUT2D eigenvalue weighted by molar-refractivity contribution is 5.85. The highest BCUT2D eigenvalue weighted by atomic mass is 16.5. The number of aliphatic carboxylic acids is 1. The average Bonchev–Trinajstić information content (AvgIpc) is 2.99. The lowest BCUT2D eigenvalue weighted by Gasteiger charge is -2.15. The Labute approximate surface area is 88.7 Å². The lowest BCUT2D eigenvalue weighted by atomic mass is 9.91. The number of benzene rings is 1. The standard InChI is InChI=1S/C12H14O3/c1-8-9(4-3-5-10(8)15-2)12(6-7-12)11(13)14/h3-5H,6-7H2,1-2H3,(H,13,14). The minimum absolute atomic E-state index is 0.640. The van der Waals surface area contributed by atoms with E-state index in [1.165, 1.54) is 0 Å². The third kappa shape index (κ3) is 1.39. The van der Waals surface area contributed by atoms with Crippen LogP contribution in [-0.4, -0.2) is 18.2 Å². The molecule has 3 nitrogen and oxygen atoms in total. The Kier molecular flexibility index (Phi) is 2.18. The van der Waals surface area contributed by atoms with Crippen molar-refractivity contribution in [3.63, 3.8) is 0 Å². The van der Waals surface area contributed by atoms with Crippen molar-refractivity contribution < 1.29 is 14.6 Å². The van der Waals surface area contributed by atoms with Gasteiger partial charge in [0.2, 0.25) is 0 Å². The Hall–Kier alpha value is -1.51. The summed E-state index contributed by atoms with van der Waals surface area (Å²) in [7, 11) is 1.60. The topological polar surface area (TPSA) is 46.5 Å². The molecule has 0 atom stereocenters. The van der Waals surface area contributed by atoms with E-state index in [0.717, 1.165) is 29.7 Å². The van der Waals surface area contributed by atoms with Crippen LogP contribution < -0.4 is 4.74 Å². The fourth-order valence-electron chi connectivity index (χ4n) is 2.08. The second-order valence-electron chi connectivity index (χ2n) is 4.02. The Balaban J connectivity index is 2.50. The van der Waals surface area contributed by atoms with Gasteiger partial charge in [-0.25, -0.2) is 0 Å². The molecule has 0 heterocycles. The third-order valence-electron chi connectivity index (χ3n) is 3.18. The number of carboxylic acids is 1. The number of methoxy groups -OCH3 is 1. The zero-order valence-electron chi connectivity index (χ0n) is 8.91. The molecule has 1 fully saturated rings. The van der Waals surface area contributed by atoms with Crippen LogP contribution in [0.25, 0.3) is 0 Å². The average molecular weight is 206 g/mol. The molecule has 0 bridgehead atoms. The van der Waals surface area contributed by atoms with E-state index >= 15 is 0 Å². The quantitative estimate of drug-likeness (QED) is 0.824. The molecule has 1 aromatic carbocycles. The first-order valence-electron chi connectivity index (χ1n) is 4.99. The molecule has 0 amide bonds. The summed E-state index contributed by atoms with van der Waals surface area (Å²) in [6.07, 6.45) is 1.46. The first-order valence-corrected chi connectivity index (χ1v) is 4.99. The Morgan fingerprint density at radius 3 is 2.60 bits per heavy atom. The maximum absolute atomic E-state index is 11.2. The molecule has 0 spiro atoms. The minimum atomic E-state index is -0.723. The molecule has 0 saturated heterocycles. The molecule has 1 N–H and O–H groups in total. The zero-order valence-corrected chi connectivity index (χ0v) is 8.91. The van der Waals surface area contributed by atoms with Crippen molar-refractivity contribution >= 4 is 5.97 Å². The molecule has 0 radical (unpaired) electrons. The van der Waals surface area contributed by atoms with Gasteiger partial charge in [0.1, 0.15) is 5.75 Å². The van der Waals surface area contributed by atoms with Crippen molar-refractivity contribution in [1.82, 2.24) is 0 Å². The first kappa shape index (κ1) is 10.0. The number of hydrogen-bond donors (Lipinski definition) is 1. The van der Waals surface area contributed by atoms with Gasteiger partial charge in [0.15, 0.2) is 0 Å². The van der Waals surface area contributed by atoms with Gasteiger partial charge in [-0.05, 0) is 37.0 Å². The van der Waals surface area contributed by atoms with Crippen molar-refractivity contribution in [2.24, 2.45) is 0 Å². The van der Waals surface area contributed by atoms with E-state index in [-0.39, 0.29) is 0 Å². The van der Waals surface area contributed by atoms with Crippen LogP contribution in [0.1, 0.15) is 24.0 Å². The molecule has 0 unspecified atom stereocenters. The molecule has 0 aromatic heterocycles. The molecule has 1 saturated carbocycles. The van der Waals surface area contributed by atoms with Crippen molar-refractivity contribution in [3.8, 4) is 5.75 Å². The van der Waals surface area contributed by atoms with Crippen molar-refractivity contribution in [3.05, 3.63) is 29.3 Å². The summed E-state index contributed by atoms with van der Waals surface area (Å²) in [6, 6.07) is 5.60. The van der Waals surface area contributed by atoms with Crippen LogP contribution in [0.2, 0.25) is 0 Å². The minimum Gasteiger partial charge on any atom is -0.496 e. The van der Waals surface area contributed by atoms with E-state index in [0.29, 0.717) is 0 Å². The van der Waals surface area contributed by atoms with Gasteiger partial charge in [0, 0.05) is 0 Å². The molecule has 1 aliphatic carbocycles. The van der Waals surface area contributed by atoms with Gasteiger partial charge >= 0.3 is 5.97 Å². The fraction of sp³-hybridized carbons (Fsp3) is 0.417. The summed E-state index contributed by atoms with van der Waals surface area (Å²) in [4.78, 5) is 11.2. The summed E-state index contributed by atoms with van der Waals surface area (Å²) < 4.78 is 5.20. The van der Waals surface area contributed by atoms with Crippen LogP contribution in [0, 0.1) is 6.92 Å². The van der Waals surface area contributed by atoms with Crippen molar-refractivity contribution in [1.29, 1.82) is 0 Å². The van der Waals surface area contributed by atoms with E-state index in [9.17, 15) is 9.90 Å². The van der Waals surface area contributed by atoms with Crippen LogP contribution in [0.4, 0.5) is 0 Å². The molecule has 3 heteroatoms. The molecule has 0 aliphatic heterocycles. The summed E-state index contributed by atoms with van der Waals surface area (Å²) in [5, 5.41) is 9.20. The summed E-state index contributed by atoms with van der Waals surface area (Å²) >= 11 is 0. The second-order valence-corrected chi connectivity index (χ2v) is 4.02. The van der Waals surface area contributed by atoms with Gasteiger partial charge in [-0.3, -0.25) is 4.79 Å². The van der Waals surface area contributed by atoms with Crippen LogP contribution in [0.15, 0.2) is 18.2 Å². The van der Waals surface area contributed by atoms with E-state index in [4.69, 9.17) is 4.74 Å². The van der Waals surface area contributed by atoms with Gasteiger partial charge in [0.25, 0.3) is 0 Å². The number of carbonyl (C=O) groups is 1. The highest BCUT2D eigenvalue weighted by Crippen LogP contribution is 2.50. The van der Waals surface area contributed by atoms with Crippen LogP contribution in [0.5, 0.6) is 5.75 Å². The first-order chi connectivity index (χ1) is 7.12. The van der Waals surface area contributed by atoms with E-state index in [1.807, 2.05) is 25.1 Å². The highest BCUT2D eigenvalue weighted by Gasteiger charge is 2.52. The van der Waals surface area contributed by atoms with Crippen molar-refractivity contribution in [2.75, 3.05) is 7.11 Å². The van der Waals surface area contributed by atoms with E-state index in [2.05, 4.69) is 0 Å². The molecular formula is C12H14O3. The Morgan fingerprint density at radius 2 is 2.13 bits per heavy atom. The summed E-state index contributed by atoms with van der Waals surface area (Å²) in [5.74, 6) is 0.0406. The van der Waals surface area contributed by atoms with Crippen LogP contribution >= 0.6 is 0 Å². The van der Waals surface area contributed by atoms with Gasteiger partial charge in [-0.1, -0.05) is 12.1 Å². The smallest absolute Gasteiger partial charge is 0.314 e. The number of carboxylic acid groups (broad SMARTS) is 1. The predicted molar refractivity (Wildman–Crippen MR) is 56.3 cm³/mol. The number of rotatable bonds is 3. The van der Waals surface area contributed by atoms with Crippen molar-refractivity contribution in [2.45, 2.75) is 25.2 Å². The van der Waals surface area contributed by atoms with E-state index < -0.39 is 11.4 Å². The second kappa shape index (κ2) is 3.26. The normalized spacial score (nSPS) is 17.2. The molecule has 1 aromatic rings. The summed E-state index contributed by atoms with van der Waals surface area (Å²) in [5.41, 5.74) is 1.20. The predicted octanol–water partition coefficient (Wildman–Crippen LogP) is 2.12. The van der Waals surface area contributed by atoms with Gasteiger partial charge in [-0.2, -0.15) is 0 Å². The number of hydrogen-bond acceptors (Lipinski definition) is 2. The third-order valence-corrected chi connectivity index (χ3v) is 3.18. The molecule has 80 valence electrons. The van der Waals surface area contributed by atoms with Gasteiger partial charge in [0.05, 0.1) is 12.5 Å². The van der Waals surface area contributed by atoms with Crippen LogP contribution in [0.3, 0.4) is 0 Å². The maximum Gasteiger partial charge on any atom is 0.314 e. The molecule has 15 heavy (non-hydrogen) atoms. The Morgan fingerprint density at radius 1 is 1.47 bits per heavy atom. The van der Waals surface area contributed by atoms with Crippen LogP contribution in [-0.2, 0) is 10.2 Å². The molecule has 1 aliphatic rings.